The fourth-order valence-corrected chi connectivity index (χ4v) is 2.65. The summed E-state index contributed by atoms with van der Waals surface area (Å²) in [6.07, 6.45) is 0. The quantitative estimate of drug-likeness (QED) is 0.854. The molecule has 1 aliphatic rings. The number of anilines is 1. The number of urea groups is 1. The Labute approximate surface area is 143 Å². The van der Waals surface area contributed by atoms with E-state index in [0.29, 0.717) is 50.5 Å². The van der Waals surface area contributed by atoms with Gasteiger partial charge in [0.1, 0.15) is 0 Å². The number of nitrogen functional groups attached to an aromatic ring is 1. The van der Waals surface area contributed by atoms with Crippen LogP contribution in [0.2, 0.25) is 0 Å². The first-order chi connectivity index (χ1) is 10.6. The molecule has 0 radical (unpaired) electrons. The van der Waals surface area contributed by atoms with E-state index in [0.717, 1.165) is 0 Å². The number of rotatable bonds is 3. The van der Waals surface area contributed by atoms with Gasteiger partial charge in [-0.05, 0) is 32.0 Å². The third-order valence-corrected chi connectivity index (χ3v) is 4.00. The first-order valence-corrected chi connectivity index (χ1v) is 7.75. The standard InChI is InChI=1S/C16H24N4O2.ClH/c1-3-18(4-2)16(22)20-10-8-19(9-11-20)15(21)13-6-5-7-14(17)12-13;/h5-7,12H,3-4,8-11,17H2,1-2H3;1H. The average Bonchev–Trinajstić information content (AvgIpc) is 2.55. The molecule has 6 nitrogen and oxygen atoms in total. The number of piperazine rings is 1. The van der Waals surface area contributed by atoms with Crippen LogP contribution >= 0.6 is 12.4 Å². The Bertz CT molecular complexity index is 541. The van der Waals surface area contributed by atoms with Gasteiger partial charge in [-0.3, -0.25) is 4.79 Å². The molecule has 1 aromatic rings. The van der Waals surface area contributed by atoms with Crippen molar-refractivity contribution < 1.29 is 9.59 Å². The largest absolute Gasteiger partial charge is 0.399 e. The highest BCUT2D eigenvalue weighted by Gasteiger charge is 2.26. The lowest BCUT2D eigenvalue weighted by Crippen LogP contribution is -2.54. The molecule has 7 heteroatoms. The Balaban J connectivity index is 0.00000264. The van der Waals surface area contributed by atoms with Crippen LogP contribution in [0.15, 0.2) is 24.3 Å². The molecule has 2 rings (SSSR count). The van der Waals surface area contributed by atoms with Crippen LogP contribution in [0.1, 0.15) is 24.2 Å². The summed E-state index contributed by atoms with van der Waals surface area (Å²) in [4.78, 5) is 30.1. The van der Waals surface area contributed by atoms with Crippen LogP contribution in [0.3, 0.4) is 0 Å². The van der Waals surface area contributed by atoms with Crippen LogP contribution in [-0.4, -0.2) is 65.9 Å². The first kappa shape index (κ1) is 19.1. The average molecular weight is 341 g/mol. The molecule has 128 valence electrons. The molecule has 0 bridgehead atoms. The van der Waals surface area contributed by atoms with Crippen molar-refractivity contribution in [1.82, 2.24) is 14.7 Å². The maximum absolute atomic E-state index is 12.4. The van der Waals surface area contributed by atoms with E-state index in [2.05, 4.69) is 0 Å². The van der Waals surface area contributed by atoms with Gasteiger partial charge in [0.15, 0.2) is 0 Å². The van der Waals surface area contributed by atoms with Gasteiger partial charge >= 0.3 is 6.03 Å². The molecule has 0 atom stereocenters. The monoisotopic (exact) mass is 340 g/mol. The van der Waals surface area contributed by atoms with Gasteiger partial charge in [-0.2, -0.15) is 0 Å². The van der Waals surface area contributed by atoms with E-state index >= 15 is 0 Å². The van der Waals surface area contributed by atoms with E-state index in [-0.39, 0.29) is 24.3 Å². The number of amides is 3. The van der Waals surface area contributed by atoms with Crippen molar-refractivity contribution in [2.24, 2.45) is 0 Å². The van der Waals surface area contributed by atoms with Crippen molar-refractivity contribution in [2.45, 2.75) is 13.8 Å². The number of hydrogen-bond donors (Lipinski definition) is 1. The zero-order valence-corrected chi connectivity index (χ0v) is 14.5. The molecule has 0 saturated carbocycles. The highest BCUT2D eigenvalue weighted by molar-refractivity contribution is 5.95. The van der Waals surface area contributed by atoms with Crippen LogP contribution in [0, 0.1) is 0 Å². The molecule has 1 saturated heterocycles. The fraction of sp³-hybridized carbons (Fsp3) is 0.500. The van der Waals surface area contributed by atoms with Gasteiger partial charge in [-0.25, -0.2) is 4.79 Å². The van der Waals surface area contributed by atoms with E-state index < -0.39 is 0 Å². The topological polar surface area (TPSA) is 69.9 Å². The minimum Gasteiger partial charge on any atom is -0.399 e. The normalized spacial score (nSPS) is 14.2. The number of halogens is 1. The number of nitrogens with two attached hydrogens (primary N) is 1. The van der Waals surface area contributed by atoms with E-state index in [1.54, 1.807) is 34.1 Å². The van der Waals surface area contributed by atoms with E-state index in [1.165, 1.54) is 0 Å². The summed E-state index contributed by atoms with van der Waals surface area (Å²) < 4.78 is 0. The highest BCUT2D eigenvalue weighted by atomic mass is 35.5. The van der Waals surface area contributed by atoms with Crippen LogP contribution in [0.4, 0.5) is 10.5 Å². The molecule has 0 aromatic heterocycles. The SMILES string of the molecule is CCN(CC)C(=O)N1CCN(C(=O)c2cccc(N)c2)CC1.Cl. The lowest BCUT2D eigenvalue weighted by atomic mass is 10.1. The molecular weight excluding hydrogens is 316 g/mol. The Morgan fingerprint density at radius 2 is 1.65 bits per heavy atom. The summed E-state index contributed by atoms with van der Waals surface area (Å²) in [5.74, 6) is -0.0257. The first-order valence-electron chi connectivity index (χ1n) is 7.75. The summed E-state index contributed by atoms with van der Waals surface area (Å²) >= 11 is 0. The summed E-state index contributed by atoms with van der Waals surface area (Å²) in [7, 11) is 0. The predicted molar refractivity (Wildman–Crippen MR) is 93.9 cm³/mol. The van der Waals surface area contributed by atoms with Gasteiger partial charge in [-0.1, -0.05) is 6.07 Å². The molecule has 23 heavy (non-hydrogen) atoms. The van der Waals surface area contributed by atoms with Crippen molar-refractivity contribution >= 4 is 30.0 Å². The summed E-state index contributed by atoms with van der Waals surface area (Å²) in [6.45, 7) is 7.62. The van der Waals surface area contributed by atoms with Gasteiger partial charge in [0.25, 0.3) is 5.91 Å². The number of carbonyl (C=O) groups is 2. The van der Waals surface area contributed by atoms with E-state index in [9.17, 15) is 9.59 Å². The molecule has 1 fully saturated rings. The lowest BCUT2D eigenvalue weighted by molar-refractivity contribution is 0.0641. The molecule has 1 heterocycles. The zero-order valence-electron chi connectivity index (χ0n) is 13.7. The Kier molecular flexibility index (Phi) is 7.16. The van der Waals surface area contributed by atoms with Crippen molar-refractivity contribution in [3.8, 4) is 0 Å². The summed E-state index contributed by atoms with van der Waals surface area (Å²) in [6, 6.07) is 7.06. The molecule has 1 aromatic carbocycles. The number of nitrogens with zero attached hydrogens (tertiary/aromatic N) is 3. The summed E-state index contributed by atoms with van der Waals surface area (Å²) in [5, 5.41) is 0. The Hall–Kier alpha value is -1.95. The van der Waals surface area contributed by atoms with Crippen LogP contribution in [0.5, 0.6) is 0 Å². The Morgan fingerprint density at radius 3 is 2.17 bits per heavy atom. The van der Waals surface area contributed by atoms with Crippen molar-refractivity contribution in [2.75, 3.05) is 45.0 Å². The third kappa shape index (κ3) is 4.51. The third-order valence-electron chi connectivity index (χ3n) is 4.00. The zero-order chi connectivity index (χ0) is 16.1. The fourth-order valence-electron chi connectivity index (χ4n) is 2.65. The molecule has 0 aliphatic carbocycles. The van der Waals surface area contributed by atoms with Crippen LogP contribution in [-0.2, 0) is 0 Å². The molecule has 0 spiro atoms. The maximum atomic E-state index is 12.4. The molecule has 3 amide bonds. The van der Waals surface area contributed by atoms with Crippen LogP contribution < -0.4 is 5.73 Å². The van der Waals surface area contributed by atoms with Gasteiger partial charge in [-0.15, -0.1) is 12.4 Å². The Morgan fingerprint density at radius 1 is 1.09 bits per heavy atom. The maximum Gasteiger partial charge on any atom is 0.320 e. The minimum atomic E-state index is -0.0257. The van der Waals surface area contributed by atoms with Gasteiger partial charge in [0, 0.05) is 50.5 Å². The second-order valence-corrected chi connectivity index (χ2v) is 5.36. The smallest absolute Gasteiger partial charge is 0.320 e. The van der Waals surface area contributed by atoms with E-state index in [4.69, 9.17) is 5.73 Å². The highest BCUT2D eigenvalue weighted by Crippen LogP contribution is 2.13. The molecule has 2 N–H and O–H groups in total. The number of benzene rings is 1. The predicted octanol–water partition coefficient (Wildman–Crippen LogP) is 1.91. The van der Waals surface area contributed by atoms with Crippen molar-refractivity contribution in [1.29, 1.82) is 0 Å². The van der Waals surface area contributed by atoms with Crippen LogP contribution in [0.25, 0.3) is 0 Å². The minimum absolute atomic E-state index is 0. The van der Waals surface area contributed by atoms with Gasteiger partial charge in [0.2, 0.25) is 0 Å². The molecule has 1 aliphatic heterocycles. The van der Waals surface area contributed by atoms with E-state index in [1.807, 2.05) is 18.7 Å². The number of carbonyl (C=O) groups excluding carboxylic acids is 2. The van der Waals surface area contributed by atoms with Crippen molar-refractivity contribution in [3.63, 3.8) is 0 Å². The van der Waals surface area contributed by atoms with Gasteiger partial charge < -0.3 is 20.4 Å². The number of hydrogen-bond acceptors (Lipinski definition) is 3. The van der Waals surface area contributed by atoms with Crippen molar-refractivity contribution in [3.05, 3.63) is 29.8 Å². The molecule has 0 unspecified atom stereocenters. The second kappa shape index (κ2) is 8.62. The second-order valence-electron chi connectivity index (χ2n) is 5.36. The molecular formula is C16H25ClN4O2. The summed E-state index contributed by atoms with van der Waals surface area (Å²) in [5.41, 5.74) is 6.91. The van der Waals surface area contributed by atoms with Gasteiger partial charge in [0.05, 0.1) is 0 Å². The lowest BCUT2D eigenvalue weighted by Gasteiger charge is -2.37.